The third-order valence-corrected chi connectivity index (χ3v) is 5.21. The molecule has 0 amide bonds. The molecule has 0 saturated heterocycles. The fourth-order valence-electron chi connectivity index (χ4n) is 3.40. The summed E-state index contributed by atoms with van der Waals surface area (Å²) in [6.45, 7) is 2.24. The largest absolute Gasteiger partial charge is 0.481 e. The number of unbranched alkanes of at least 4 members (excludes halogenated alkanes) is 10. The van der Waals surface area contributed by atoms with Gasteiger partial charge in [0.05, 0.1) is 12.5 Å². The minimum absolute atomic E-state index is 0.0494. The average Bonchev–Trinajstić information content (AvgIpc) is 2.65. The van der Waals surface area contributed by atoms with Gasteiger partial charge in [-0.2, -0.15) is 0 Å². The standard InChI is InChI=1S/C22H40O6/c1-2-3-4-5-6-7-8-9-10-13-16-22(21(27)28,18-20(25)26)19(24)15-12-11-14-17-23/h13,16,19,23-24H,2-12,14-15,17-18H2,1H3,(H,25,26)(H,27,28). The van der Waals surface area contributed by atoms with Crippen molar-refractivity contribution in [3.63, 3.8) is 0 Å². The zero-order chi connectivity index (χ0) is 21.3. The van der Waals surface area contributed by atoms with Crippen molar-refractivity contribution >= 4 is 11.9 Å². The number of aliphatic hydroxyl groups is 2. The molecule has 0 aromatic rings. The van der Waals surface area contributed by atoms with E-state index in [0.29, 0.717) is 25.7 Å². The van der Waals surface area contributed by atoms with Crippen LogP contribution in [-0.2, 0) is 9.59 Å². The summed E-state index contributed by atoms with van der Waals surface area (Å²) < 4.78 is 0. The molecule has 0 bridgehead atoms. The fraction of sp³-hybridized carbons (Fsp3) is 0.818. The molecule has 0 aliphatic rings. The normalized spacial score (nSPS) is 14.8. The summed E-state index contributed by atoms with van der Waals surface area (Å²) in [5, 5.41) is 38.1. The number of allylic oxidation sites excluding steroid dienone is 1. The highest BCUT2D eigenvalue weighted by atomic mass is 16.4. The van der Waals surface area contributed by atoms with E-state index in [0.717, 1.165) is 19.3 Å². The molecular weight excluding hydrogens is 360 g/mol. The number of aliphatic hydroxyl groups excluding tert-OH is 2. The Morgan fingerprint density at radius 3 is 2.00 bits per heavy atom. The van der Waals surface area contributed by atoms with Crippen LogP contribution in [0.25, 0.3) is 0 Å². The maximum absolute atomic E-state index is 11.9. The van der Waals surface area contributed by atoms with Gasteiger partial charge < -0.3 is 20.4 Å². The van der Waals surface area contributed by atoms with Crippen molar-refractivity contribution in [1.29, 1.82) is 0 Å². The SMILES string of the molecule is CCCCCCCCCCC=CC(CC(=O)O)(C(=O)O)C(O)CCCCCO. The van der Waals surface area contributed by atoms with Gasteiger partial charge in [-0.1, -0.05) is 76.9 Å². The third-order valence-electron chi connectivity index (χ3n) is 5.21. The number of carboxylic acid groups (broad SMARTS) is 2. The molecule has 0 rings (SSSR count). The Morgan fingerprint density at radius 1 is 0.893 bits per heavy atom. The smallest absolute Gasteiger partial charge is 0.316 e. The zero-order valence-electron chi connectivity index (χ0n) is 17.4. The summed E-state index contributed by atoms with van der Waals surface area (Å²) in [6, 6.07) is 0. The lowest BCUT2D eigenvalue weighted by Gasteiger charge is -2.30. The lowest BCUT2D eigenvalue weighted by atomic mass is 9.76. The fourth-order valence-corrected chi connectivity index (χ4v) is 3.40. The van der Waals surface area contributed by atoms with Gasteiger partial charge in [0.1, 0.15) is 5.41 Å². The predicted molar refractivity (Wildman–Crippen MR) is 110 cm³/mol. The van der Waals surface area contributed by atoms with E-state index in [1.165, 1.54) is 38.2 Å². The lowest BCUT2D eigenvalue weighted by molar-refractivity contribution is -0.159. The van der Waals surface area contributed by atoms with E-state index in [4.69, 9.17) is 5.11 Å². The molecule has 2 unspecified atom stereocenters. The Balaban J connectivity index is 4.60. The van der Waals surface area contributed by atoms with Gasteiger partial charge in [-0.25, -0.2) is 0 Å². The van der Waals surface area contributed by atoms with Gasteiger partial charge in [0.15, 0.2) is 0 Å². The first-order chi connectivity index (χ1) is 13.4. The molecule has 0 radical (unpaired) electrons. The van der Waals surface area contributed by atoms with E-state index in [1.807, 2.05) is 0 Å². The molecular formula is C22H40O6. The van der Waals surface area contributed by atoms with Crippen LogP contribution >= 0.6 is 0 Å². The van der Waals surface area contributed by atoms with Gasteiger partial charge in [0.25, 0.3) is 0 Å². The van der Waals surface area contributed by atoms with Crippen LogP contribution in [0.3, 0.4) is 0 Å². The number of carbonyl (C=O) groups is 2. The molecule has 0 aliphatic carbocycles. The van der Waals surface area contributed by atoms with E-state index >= 15 is 0 Å². The Hall–Kier alpha value is -1.40. The van der Waals surface area contributed by atoms with Crippen LogP contribution in [0.2, 0.25) is 0 Å². The molecule has 4 N–H and O–H groups in total. The summed E-state index contributed by atoms with van der Waals surface area (Å²) in [5.41, 5.74) is -1.80. The minimum Gasteiger partial charge on any atom is -0.481 e. The van der Waals surface area contributed by atoms with Crippen molar-refractivity contribution in [2.24, 2.45) is 5.41 Å². The van der Waals surface area contributed by atoms with Crippen LogP contribution < -0.4 is 0 Å². The van der Waals surface area contributed by atoms with Gasteiger partial charge >= 0.3 is 11.9 Å². The first-order valence-corrected chi connectivity index (χ1v) is 10.8. The molecule has 0 aromatic carbocycles. The molecule has 0 aromatic heterocycles. The summed E-state index contributed by atoms with van der Waals surface area (Å²) in [5.74, 6) is -2.55. The van der Waals surface area contributed by atoms with Crippen molar-refractivity contribution in [2.45, 2.75) is 103 Å². The summed E-state index contributed by atoms with van der Waals surface area (Å²) in [7, 11) is 0. The van der Waals surface area contributed by atoms with E-state index < -0.39 is 29.9 Å². The van der Waals surface area contributed by atoms with Crippen LogP contribution in [0.1, 0.15) is 96.8 Å². The number of carboxylic acids is 2. The second-order valence-corrected chi connectivity index (χ2v) is 7.67. The third kappa shape index (κ3) is 11.4. The van der Waals surface area contributed by atoms with E-state index in [9.17, 15) is 24.9 Å². The maximum atomic E-state index is 11.9. The maximum Gasteiger partial charge on any atom is 0.316 e. The van der Waals surface area contributed by atoms with Crippen LogP contribution in [0.4, 0.5) is 0 Å². The molecule has 0 aliphatic heterocycles. The monoisotopic (exact) mass is 400 g/mol. The van der Waals surface area contributed by atoms with Gasteiger partial charge in [-0.15, -0.1) is 0 Å². The Kier molecular flexibility index (Phi) is 15.7. The number of rotatable bonds is 19. The van der Waals surface area contributed by atoms with Crippen molar-refractivity contribution in [3.8, 4) is 0 Å². The number of hydrogen-bond donors (Lipinski definition) is 4. The summed E-state index contributed by atoms with van der Waals surface area (Å²) >= 11 is 0. The number of aliphatic carboxylic acids is 2. The summed E-state index contributed by atoms with van der Waals surface area (Å²) in [4.78, 5) is 23.1. The molecule has 28 heavy (non-hydrogen) atoms. The molecule has 6 nitrogen and oxygen atoms in total. The quantitative estimate of drug-likeness (QED) is 0.187. The van der Waals surface area contributed by atoms with Crippen molar-refractivity contribution in [3.05, 3.63) is 12.2 Å². The van der Waals surface area contributed by atoms with Crippen LogP contribution in [-0.4, -0.2) is 45.1 Å². The molecule has 0 saturated carbocycles. The summed E-state index contributed by atoms with van der Waals surface area (Å²) in [6.07, 6.45) is 13.3. The topological polar surface area (TPSA) is 115 Å². The van der Waals surface area contributed by atoms with Crippen molar-refractivity contribution in [1.82, 2.24) is 0 Å². The molecule has 2 atom stereocenters. The van der Waals surface area contributed by atoms with Crippen LogP contribution in [0.5, 0.6) is 0 Å². The van der Waals surface area contributed by atoms with E-state index in [1.54, 1.807) is 6.08 Å². The Bertz CT molecular complexity index is 448. The van der Waals surface area contributed by atoms with Gasteiger partial charge in [0, 0.05) is 6.61 Å². The average molecular weight is 401 g/mol. The highest BCUT2D eigenvalue weighted by molar-refractivity contribution is 5.84. The van der Waals surface area contributed by atoms with Gasteiger partial charge in [-0.05, 0) is 25.7 Å². The first-order valence-electron chi connectivity index (χ1n) is 10.8. The molecule has 0 spiro atoms. The van der Waals surface area contributed by atoms with Gasteiger partial charge in [0.2, 0.25) is 0 Å². The molecule has 164 valence electrons. The van der Waals surface area contributed by atoms with E-state index in [2.05, 4.69) is 6.92 Å². The molecule has 0 heterocycles. The Labute approximate surface area is 169 Å². The molecule has 0 fully saturated rings. The second-order valence-electron chi connectivity index (χ2n) is 7.67. The van der Waals surface area contributed by atoms with E-state index in [-0.39, 0.29) is 13.0 Å². The predicted octanol–water partition coefficient (Wildman–Crippen LogP) is 4.53. The Morgan fingerprint density at radius 2 is 1.46 bits per heavy atom. The number of hydrogen-bond acceptors (Lipinski definition) is 4. The van der Waals surface area contributed by atoms with Gasteiger partial charge in [-0.3, -0.25) is 9.59 Å². The minimum atomic E-state index is -1.80. The van der Waals surface area contributed by atoms with Crippen LogP contribution in [0, 0.1) is 5.41 Å². The van der Waals surface area contributed by atoms with Crippen molar-refractivity contribution in [2.75, 3.05) is 6.61 Å². The second kappa shape index (κ2) is 16.5. The molecule has 6 heteroatoms. The zero-order valence-corrected chi connectivity index (χ0v) is 17.4. The highest BCUT2D eigenvalue weighted by Gasteiger charge is 2.44. The van der Waals surface area contributed by atoms with Crippen LogP contribution in [0.15, 0.2) is 12.2 Å². The first kappa shape index (κ1) is 26.6. The highest BCUT2D eigenvalue weighted by Crippen LogP contribution is 2.33. The van der Waals surface area contributed by atoms with Crippen molar-refractivity contribution < 1.29 is 30.0 Å². The lowest BCUT2D eigenvalue weighted by Crippen LogP contribution is -2.42.